The fraction of sp³-hybridized carbons (Fsp3) is 0.312. The fourth-order valence-electron chi connectivity index (χ4n) is 2.38. The average molecular weight is 367 g/mol. The van der Waals surface area contributed by atoms with Crippen LogP contribution in [0.15, 0.2) is 44.3 Å². The van der Waals surface area contributed by atoms with Crippen molar-refractivity contribution in [1.82, 2.24) is 4.57 Å². The van der Waals surface area contributed by atoms with E-state index >= 15 is 0 Å². The Kier molecular flexibility index (Phi) is 4.44. The Morgan fingerprint density at radius 1 is 1.26 bits per heavy atom. The van der Waals surface area contributed by atoms with Crippen molar-refractivity contribution >= 4 is 42.9 Å². The van der Waals surface area contributed by atoms with E-state index in [-0.39, 0.29) is 4.21 Å². The highest BCUT2D eigenvalue weighted by Crippen LogP contribution is 2.24. The number of aromatic nitrogens is 1. The minimum atomic E-state index is -3.64. The molecule has 0 bridgehead atoms. The van der Waals surface area contributed by atoms with Crippen molar-refractivity contribution in [3.05, 3.63) is 46.1 Å². The first-order valence-electron chi connectivity index (χ1n) is 7.40. The number of hydrogen-bond acceptors (Lipinski definition) is 4. The SMILES string of the molecule is CCn1/c(=N/S(=O)(=O)c2cccs2)sc2cc(C(C)C)ccc21. The third-order valence-electron chi connectivity index (χ3n) is 3.64. The van der Waals surface area contributed by atoms with Crippen molar-refractivity contribution in [1.29, 1.82) is 0 Å². The molecule has 4 nitrogen and oxygen atoms in total. The van der Waals surface area contributed by atoms with Gasteiger partial charge in [0.05, 0.1) is 10.2 Å². The van der Waals surface area contributed by atoms with E-state index < -0.39 is 10.0 Å². The Morgan fingerprint density at radius 3 is 2.65 bits per heavy atom. The molecule has 1 aromatic carbocycles. The van der Waals surface area contributed by atoms with Gasteiger partial charge in [0.1, 0.15) is 4.21 Å². The number of benzene rings is 1. The standard InChI is InChI=1S/C16H18N2O2S3/c1-4-18-13-8-7-12(11(2)3)10-14(13)22-16(18)17-23(19,20)15-6-5-9-21-15/h5-11H,4H2,1-3H3/b17-16-. The Morgan fingerprint density at radius 2 is 2.04 bits per heavy atom. The van der Waals surface area contributed by atoms with Gasteiger partial charge in [-0.2, -0.15) is 8.42 Å². The zero-order valence-electron chi connectivity index (χ0n) is 13.2. The van der Waals surface area contributed by atoms with Crippen molar-refractivity contribution < 1.29 is 8.42 Å². The summed E-state index contributed by atoms with van der Waals surface area (Å²) < 4.78 is 32.2. The third-order valence-corrected chi connectivity index (χ3v) is 7.43. The maximum atomic E-state index is 12.4. The van der Waals surface area contributed by atoms with Gasteiger partial charge in [-0.3, -0.25) is 0 Å². The summed E-state index contributed by atoms with van der Waals surface area (Å²) >= 11 is 2.62. The second-order valence-electron chi connectivity index (χ2n) is 5.51. The Labute approximate surface area is 143 Å². The van der Waals surface area contributed by atoms with Gasteiger partial charge in [-0.15, -0.1) is 15.7 Å². The van der Waals surface area contributed by atoms with E-state index in [1.165, 1.54) is 28.2 Å². The summed E-state index contributed by atoms with van der Waals surface area (Å²) in [5.74, 6) is 0.437. The molecule has 0 saturated heterocycles. The topological polar surface area (TPSA) is 51.4 Å². The number of nitrogens with zero attached hydrogens (tertiary/aromatic N) is 2. The Hall–Kier alpha value is -1.44. The van der Waals surface area contributed by atoms with Gasteiger partial charge in [0, 0.05) is 6.54 Å². The van der Waals surface area contributed by atoms with Crippen LogP contribution in [0, 0.1) is 0 Å². The lowest BCUT2D eigenvalue weighted by molar-refractivity contribution is 0.597. The predicted molar refractivity (Wildman–Crippen MR) is 96.6 cm³/mol. The van der Waals surface area contributed by atoms with E-state index in [4.69, 9.17) is 0 Å². The molecule has 122 valence electrons. The van der Waals surface area contributed by atoms with Crippen LogP contribution >= 0.6 is 22.7 Å². The van der Waals surface area contributed by atoms with Gasteiger partial charge in [-0.25, -0.2) is 0 Å². The molecule has 0 unspecified atom stereocenters. The largest absolute Gasteiger partial charge is 0.316 e. The number of hydrogen-bond donors (Lipinski definition) is 0. The van der Waals surface area contributed by atoms with E-state index in [2.05, 4.69) is 36.4 Å². The van der Waals surface area contributed by atoms with Crippen LogP contribution in [-0.4, -0.2) is 13.0 Å². The van der Waals surface area contributed by atoms with E-state index in [9.17, 15) is 8.42 Å². The van der Waals surface area contributed by atoms with Crippen LogP contribution in [0.4, 0.5) is 0 Å². The molecule has 0 fully saturated rings. The number of sulfonamides is 1. The van der Waals surface area contributed by atoms with Crippen molar-refractivity contribution in [2.75, 3.05) is 0 Å². The zero-order valence-corrected chi connectivity index (χ0v) is 15.6. The minimum absolute atomic E-state index is 0.278. The summed E-state index contributed by atoms with van der Waals surface area (Å²) in [6, 6.07) is 9.60. The second kappa shape index (κ2) is 6.22. The van der Waals surface area contributed by atoms with Gasteiger partial charge < -0.3 is 4.57 Å². The van der Waals surface area contributed by atoms with E-state index in [0.717, 1.165) is 10.2 Å². The molecule has 3 rings (SSSR count). The van der Waals surface area contributed by atoms with Crippen molar-refractivity contribution in [2.24, 2.45) is 4.40 Å². The second-order valence-corrected chi connectivity index (χ2v) is 9.30. The van der Waals surface area contributed by atoms with Crippen molar-refractivity contribution in [3.8, 4) is 0 Å². The molecule has 2 heterocycles. The highest BCUT2D eigenvalue weighted by molar-refractivity contribution is 7.92. The van der Waals surface area contributed by atoms with Gasteiger partial charge in [-0.1, -0.05) is 37.3 Å². The lowest BCUT2D eigenvalue weighted by atomic mass is 10.0. The maximum Gasteiger partial charge on any atom is 0.294 e. The summed E-state index contributed by atoms with van der Waals surface area (Å²) in [5, 5.41) is 1.75. The zero-order chi connectivity index (χ0) is 16.6. The average Bonchev–Trinajstić information content (AvgIpc) is 3.13. The third kappa shape index (κ3) is 3.13. The minimum Gasteiger partial charge on any atom is -0.316 e. The number of aryl methyl sites for hydroxylation is 1. The maximum absolute atomic E-state index is 12.4. The van der Waals surface area contributed by atoms with Gasteiger partial charge in [-0.05, 0) is 42.0 Å². The quantitative estimate of drug-likeness (QED) is 0.695. The van der Waals surface area contributed by atoms with Gasteiger partial charge in [0.2, 0.25) is 4.80 Å². The molecule has 0 radical (unpaired) electrons. The number of fused-ring (bicyclic) bond motifs is 1. The highest BCUT2D eigenvalue weighted by Gasteiger charge is 2.15. The molecule has 3 aromatic rings. The molecule has 0 saturated carbocycles. The fourth-order valence-corrected chi connectivity index (χ4v) is 5.70. The first-order valence-corrected chi connectivity index (χ1v) is 10.5. The lowest BCUT2D eigenvalue weighted by Crippen LogP contribution is -2.15. The van der Waals surface area contributed by atoms with E-state index in [1.54, 1.807) is 17.5 Å². The molecule has 7 heteroatoms. The van der Waals surface area contributed by atoms with Crippen molar-refractivity contribution in [2.45, 2.75) is 37.4 Å². The number of thiophene rings is 1. The van der Waals surface area contributed by atoms with Crippen LogP contribution < -0.4 is 4.80 Å². The summed E-state index contributed by atoms with van der Waals surface area (Å²) in [7, 11) is -3.64. The monoisotopic (exact) mass is 366 g/mol. The summed E-state index contributed by atoms with van der Waals surface area (Å²) in [6.07, 6.45) is 0. The van der Waals surface area contributed by atoms with Crippen LogP contribution in [0.3, 0.4) is 0 Å². The molecule has 0 spiro atoms. The number of rotatable bonds is 4. The Balaban J connectivity index is 2.23. The molecule has 0 aliphatic carbocycles. The van der Waals surface area contributed by atoms with Crippen LogP contribution in [0.1, 0.15) is 32.3 Å². The summed E-state index contributed by atoms with van der Waals surface area (Å²) in [4.78, 5) is 0.525. The summed E-state index contributed by atoms with van der Waals surface area (Å²) in [6.45, 7) is 6.98. The van der Waals surface area contributed by atoms with Crippen LogP contribution in [0.2, 0.25) is 0 Å². The molecular formula is C16H18N2O2S3. The van der Waals surface area contributed by atoms with Crippen LogP contribution in [0.25, 0.3) is 10.2 Å². The smallest absolute Gasteiger partial charge is 0.294 e. The van der Waals surface area contributed by atoms with Gasteiger partial charge in [0.25, 0.3) is 10.0 Å². The first-order chi connectivity index (χ1) is 10.9. The first kappa shape index (κ1) is 16.4. The van der Waals surface area contributed by atoms with Gasteiger partial charge >= 0.3 is 0 Å². The Bertz CT molecular complexity index is 994. The van der Waals surface area contributed by atoms with E-state index in [0.29, 0.717) is 17.3 Å². The normalized spacial score (nSPS) is 13.3. The molecule has 0 N–H and O–H groups in total. The van der Waals surface area contributed by atoms with Crippen LogP contribution in [0.5, 0.6) is 0 Å². The molecule has 0 aliphatic rings. The lowest BCUT2D eigenvalue weighted by Gasteiger charge is -2.05. The molecule has 0 atom stereocenters. The van der Waals surface area contributed by atoms with Crippen LogP contribution in [-0.2, 0) is 16.6 Å². The number of thiazole rings is 1. The predicted octanol–water partition coefficient (Wildman–Crippen LogP) is 4.20. The summed E-state index contributed by atoms with van der Waals surface area (Å²) in [5.41, 5.74) is 2.27. The van der Waals surface area contributed by atoms with E-state index in [1.807, 2.05) is 11.5 Å². The molecular weight excluding hydrogens is 348 g/mol. The van der Waals surface area contributed by atoms with Crippen molar-refractivity contribution in [3.63, 3.8) is 0 Å². The molecule has 0 amide bonds. The van der Waals surface area contributed by atoms with Gasteiger partial charge in [0.15, 0.2) is 0 Å². The highest BCUT2D eigenvalue weighted by atomic mass is 32.2. The molecule has 2 aromatic heterocycles. The molecule has 0 aliphatic heterocycles. The molecule has 23 heavy (non-hydrogen) atoms.